The van der Waals surface area contributed by atoms with Crippen molar-refractivity contribution in [1.82, 2.24) is 60.9 Å². The number of carboxylic acid groups (broad SMARTS) is 2. The summed E-state index contributed by atoms with van der Waals surface area (Å²) >= 11 is 0. The van der Waals surface area contributed by atoms with Gasteiger partial charge in [-0.2, -0.15) is 20.2 Å². The minimum Gasteiger partial charge on any atom is -0.481 e. The van der Waals surface area contributed by atoms with E-state index in [0.717, 1.165) is 85.8 Å². The van der Waals surface area contributed by atoms with Gasteiger partial charge in [-0.05, 0) is 76.9 Å². The summed E-state index contributed by atoms with van der Waals surface area (Å²) in [6.45, 7) is 7.57. The molecular weight excluding hydrogens is 829 g/mol. The maximum absolute atomic E-state index is 9.64. The Labute approximate surface area is 368 Å². The number of nitrogens with zero attached hydrogens (tertiary/aromatic N) is 8. The molecule has 8 rings (SSSR count). The van der Waals surface area contributed by atoms with Crippen LogP contribution >= 0.6 is 0 Å². The van der Waals surface area contributed by atoms with E-state index in [0.29, 0.717) is 46.8 Å². The van der Waals surface area contributed by atoms with Gasteiger partial charge in [-0.1, -0.05) is 0 Å². The van der Waals surface area contributed by atoms with Gasteiger partial charge in [-0.15, -0.1) is 0 Å². The first-order valence-electron chi connectivity index (χ1n) is 20.6. The van der Waals surface area contributed by atoms with Crippen LogP contribution in [0.25, 0.3) is 22.5 Å². The highest BCUT2D eigenvalue weighted by atomic mass is 16.5. The molecule has 338 valence electrons. The Hall–Kier alpha value is -7.46. The van der Waals surface area contributed by atoms with Crippen LogP contribution in [0, 0.1) is 13.8 Å². The fourth-order valence-electron chi connectivity index (χ4n) is 6.42. The normalized spacial score (nSPS) is 15.6. The Morgan fingerprint density at radius 3 is 1.45 bits per heavy atom. The lowest BCUT2D eigenvalue weighted by Crippen LogP contribution is -2.37. The van der Waals surface area contributed by atoms with Crippen molar-refractivity contribution in [1.29, 1.82) is 0 Å². The highest BCUT2D eigenvalue weighted by Gasteiger charge is 2.18. The molecule has 22 nitrogen and oxygen atoms in total. The van der Waals surface area contributed by atoms with E-state index in [1.807, 2.05) is 50.2 Å². The summed E-state index contributed by atoms with van der Waals surface area (Å²) in [4.78, 5) is 45.4. The molecule has 8 N–H and O–H groups in total. The molecule has 8 heterocycles. The van der Waals surface area contributed by atoms with Crippen molar-refractivity contribution in [2.24, 2.45) is 0 Å². The zero-order valence-electron chi connectivity index (χ0n) is 35.9. The summed E-state index contributed by atoms with van der Waals surface area (Å²) in [6, 6.07) is 11.5. The van der Waals surface area contributed by atoms with Crippen LogP contribution in [0.4, 0.5) is 23.3 Å². The van der Waals surface area contributed by atoms with E-state index in [1.54, 1.807) is 39.0 Å². The number of anilines is 4. The molecule has 0 aromatic carbocycles. The minimum atomic E-state index is -1.08. The molecule has 2 saturated heterocycles. The number of aromatic nitrogens is 10. The van der Waals surface area contributed by atoms with Crippen LogP contribution in [0.15, 0.2) is 61.2 Å². The molecule has 0 saturated carbocycles. The molecular formula is C42H52N14O8. The number of carboxylic acids is 2. The summed E-state index contributed by atoms with van der Waals surface area (Å²) < 4.78 is 22.6. The Morgan fingerprint density at radius 2 is 1.08 bits per heavy atom. The molecule has 2 aliphatic rings. The van der Waals surface area contributed by atoms with Crippen LogP contribution in [0.1, 0.15) is 49.9 Å². The van der Waals surface area contributed by atoms with Crippen LogP contribution in [0.2, 0.25) is 0 Å². The fourth-order valence-corrected chi connectivity index (χ4v) is 6.42. The first-order chi connectivity index (χ1) is 31.0. The van der Waals surface area contributed by atoms with E-state index in [-0.39, 0.29) is 25.0 Å². The van der Waals surface area contributed by atoms with Crippen molar-refractivity contribution in [3.63, 3.8) is 0 Å². The van der Waals surface area contributed by atoms with E-state index in [9.17, 15) is 9.59 Å². The molecule has 0 bridgehead atoms. The summed E-state index contributed by atoms with van der Waals surface area (Å²) in [7, 11) is 3.20. The second-order valence-electron chi connectivity index (χ2n) is 14.5. The molecule has 2 atom stereocenters. The maximum Gasteiger partial charge on any atom is 0.303 e. The first-order valence-corrected chi connectivity index (χ1v) is 20.6. The van der Waals surface area contributed by atoms with Gasteiger partial charge < -0.3 is 50.4 Å². The average Bonchev–Trinajstić information content (AvgIpc) is 3.97. The van der Waals surface area contributed by atoms with Gasteiger partial charge in [0.05, 0.1) is 74.4 Å². The average molecular weight is 881 g/mol. The molecule has 0 unspecified atom stereocenters. The Morgan fingerprint density at radius 1 is 0.641 bits per heavy atom. The molecule has 6 aromatic heterocycles. The number of aliphatic carboxylic acids is 2. The quantitative estimate of drug-likeness (QED) is 0.0684. The number of aromatic amines is 2. The number of pyridine rings is 2. The number of rotatable bonds is 15. The van der Waals surface area contributed by atoms with Crippen LogP contribution < -0.4 is 40.2 Å². The molecule has 0 spiro atoms. The van der Waals surface area contributed by atoms with Crippen molar-refractivity contribution in [2.45, 2.75) is 64.6 Å². The maximum atomic E-state index is 9.64. The predicted molar refractivity (Wildman–Crippen MR) is 234 cm³/mol. The molecule has 6 aromatic rings. The number of nitrogens with one attached hydrogen (secondary N) is 6. The van der Waals surface area contributed by atoms with Gasteiger partial charge >= 0.3 is 11.9 Å². The zero-order valence-corrected chi connectivity index (χ0v) is 35.9. The lowest BCUT2D eigenvalue weighted by Gasteiger charge is -2.23. The molecule has 2 fully saturated rings. The Kier molecular flexibility index (Phi) is 16.6. The summed E-state index contributed by atoms with van der Waals surface area (Å²) in [5.41, 5.74) is 5.03. The lowest BCUT2D eigenvalue weighted by atomic mass is 10.1. The third kappa shape index (κ3) is 14.0. The number of carbonyl (C=O) groups is 2. The standard InChI is InChI=1S/2C19H23N7O2.C4H6O4/c2*1-12-5-6-14(19(22-12)27-2)15-8-16(26-25-15)23-17-10-21-11-18(24-17)28-13-4-3-7-20-9-13;5-3(6)1-2-4(7)8/h2*5-6,8,10-11,13,20H,3-4,7,9H2,1-2H3,(H2,23,24,25,26);1-2H2,(H,5,6)(H,7,8)/t2*13-;/m11./s1. The topological polar surface area (TPSA) is 294 Å². The summed E-state index contributed by atoms with van der Waals surface area (Å²) in [5, 5.41) is 43.3. The number of methoxy groups -OCH3 is 2. The highest BCUT2D eigenvalue weighted by molar-refractivity contribution is 5.75. The zero-order chi connectivity index (χ0) is 45.3. The van der Waals surface area contributed by atoms with Crippen LogP contribution in [0.3, 0.4) is 0 Å². The van der Waals surface area contributed by atoms with Crippen molar-refractivity contribution in [2.75, 3.05) is 51.0 Å². The monoisotopic (exact) mass is 880 g/mol. The van der Waals surface area contributed by atoms with Crippen molar-refractivity contribution in [3.05, 3.63) is 72.6 Å². The van der Waals surface area contributed by atoms with Gasteiger partial charge in [0.2, 0.25) is 23.5 Å². The predicted octanol–water partition coefficient (Wildman–Crippen LogP) is 4.84. The third-order valence-corrected chi connectivity index (χ3v) is 9.49. The number of hydrogen-bond acceptors (Lipinski definition) is 18. The largest absolute Gasteiger partial charge is 0.481 e. The summed E-state index contributed by atoms with van der Waals surface area (Å²) in [5.74, 6) is 2.30. The van der Waals surface area contributed by atoms with E-state index >= 15 is 0 Å². The van der Waals surface area contributed by atoms with E-state index in [2.05, 4.69) is 71.6 Å². The Bertz CT molecular complexity index is 2270. The van der Waals surface area contributed by atoms with Gasteiger partial charge in [0.15, 0.2) is 23.3 Å². The minimum absolute atomic E-state index is 0.122. The van der Waals surface area contributed by atoms with E-state index in [4.69, 9.17) is 29.2 Å². The fraction of sp³-hybridized carbons (Fsp3) is 0.381. The van der Waals surface area contributed by atoms with Gasteiger partial charge in [0, 0.05) is 36.6 Å². The smallest absolute Gasteiger partial charge is 0.303 e. The number of H-pyrrole nitrogens is 2. The van der Waals surface area contributed by atoms with E-state index in [1.165, 1.54) is 0 Å². The van der Waals surface area contributed by atoms with Gasteiger partial charge in [0.25, 0.3) is 0 Å². The SMILES string of the molecule is COc1nc(C)ccc1-c1cc(Nc2cncc(O[C@@H]3CCCNC3)n2)n[nH]1.COc1nc(C)ccc1-c1cc(Nc2cncc(O[C@@H]3CCCNC3)n2)n[nH]1.O=C(O)CCC(=O)O. The third-order valence-electron chi connectivity index (χ3n) is 9.49. The van der Waals surface area contributed by atoms with E-state index < -0.39 is 11.9 Å². The molecule has 0 aliphatic carbocycles. The second kappa shape index (κ2) is 23.1. The molecule has 2 aliphatic heterocycles. The van der Waals surface area contributed by atoms with Crippen molar-refractivity contribution in [3.8, 4) is 46.0 Å². The summed E-state index contributed by atoms with van der Waals surface area (Å²) in [6.07, 6.45) is 10.4. The van der Waals surface area contributed by atoms with Gasteiger partial charge in [-0.25, -0.2) is 9.97 Å². The lowest BCUT2D eigenvalue weighted by molar-refractivity contribution is -0.143. The van der Waals surface area contributed by atoms with Crippen LogP contribution in [-0.4, -0.2) is 125 Å². The van der Waals surface area contributed by atoms with Gasteiger partial charge in [-0.3, -0.25) is 29.8 Å². The highest BCUT2D eigenvalue weighted by Crippen LogP contribution is 2.30. The van der Waals surface area contributed by atoms with Gasteiger partial charge in [0.1, 0.15) is 12.2 Å². The number of aryl methyl sites for hydroxylation is 2. The number of piperidine rings is 2. The molecule has 64 heavy (non-hydrogen) atoms. The van der Waals surface area contributed by atoms with Crippen LogP contribution in [0.5, 0.6) is 23.5 Å². The molecule has 22 heteroatoms. The first kappa shape index (κ1) is 46.1. The van der Waals surface area contributed by atoms with Crippen LogP contribution in [-0.2, 0) is 9.59 Å². The Balaban J connectivity index is 0.000000182. The molecule has 0 amide bonds. The second-order valence-corrected chi connectivity index (χ2v) is 14.5. The molecule has 0 radical (unpaired) electrons. The number of hydrogen-bond donors (Lipinski definition) is 8. The number of ether oxygens (including phenoxy) is 4. The van der Waals surface area contributed by atoms with Crippen molar-refractivity contribution >= 4 is 35.2 Å². The van der Waals surface area contributed by atoms with Crippen molar-refractivity contribution < 1.29 is 38.7 Å².